The largest absolute Gasteiger partial charge is 0.481 e. The third kappa shape index (κ3) is 3.59. The van der Waals surface area contributed by atoms with E-state index in [0.29, 0.717) is 12.5 Å². The number of hydrogen-bond acceptors (Lipinski definition) is 2. The third-order valence-electron chi connectivity index (χ3n) is 0.472. The molecule has 0 rings (SSSR count). The molecule has 0 unspecified atom stereocenters. The summed E-state index contributed by atoms with van der Waals surface area (Å²) in [6, 6.07) is 0. The fourth-order valence-electron chi connectivity index (χ4n) is 0.233. The minimum absolute atomic E-state index is 0.518. The van der Waals surface area contributed by atoms with Crippen LogP contribution in [-0.4, -0.2) is 12.5 Å². The number of nitrogens with zero attached hydrogens (tertiary/aromatic N) is 1. The van der Waals surface area contributed by atoms with E-state index in [1.54, 1.807) is 6.92 Å². The molecule has 0 aromatic carbocycles. The Morgan fingerprint density at radius 3 is 2.57 bits per heavy atom. The highest BCUT2D eigenvalue weighted by atomic mass is 35.5. The van der Waals surface area contributed by atoms with Crippen LogP contribution < -0.4 is 0 Å². The molecule has 7 heavy (non-hydrogen) atoms. The van der Waals surface area contributed by atoms with Gasteiger partial charge in [-0.15, -0.1) is 4.51 Å². The van der Waals surface area contributed by atoms with Crippen molar-refractivity contribution in [2.24, 2.45) is 4.51 Å². The molecule has 3 heteroatoms. The van der Waals surface area contributed by atoms with Crippen molar-refractivity contribution in [1.29, 1.82) is 0 Å². The van der Waals surface area contributed by atoms with Gasteiger partial charge < -0.3 is 4.74 Å². The number of rotatable bonds is 1. The van der Waals surface area contributed by atoms with Gasteiger partial charge in [0.1, 0.15) is 0 Å². The Labute approximate surface area is 48.3 Å². The maximum atomic E-state index is 4.99. The van der Waals surface area contributed by atoms with Crippen molar-refractivity contribution >= 4 is 17.7 Å². The van der Waals surface area contributed by atoms with Crippen molar-refractivity contribution in [1.82, 2.24) is 0 Å². The first-order chi connectivity index (χ1) is 3.31. The minimum Gasteiger partial charge on any atom is -0.481 e. The van der Waals surface area contributed by atoms with Gasteiger partial charge in [-0.25, -0.2) is 0 Å². The van der Waals surface area contributed by atoms with Crippen molar-refractivity contribution in [3.63, 3.8) is 0 Å². The van der Waals surface area contributed by atoms with Crippen LogP contribution in [-0.2, 0) is 4.74 Å². The van der Waals surface area contributed by atoms with E-state index in [0.717, 1.165) is 0 Å². The molecule has 0 aliphatic heterocycles. The second-order valence-electron chi connectivity index (χ2n) is 1.04. The highest BCUT2D eigenvalue weighted by molar-refractivity contribution is 6.18. The van der Waals surface area contributed by atoms with Crippen LogP contribution in [0.15, 0.2) is 4.51 Å². The molecule has 42 valence electrons. The van der Waals surface area contributed by atoms with E-state index in [1.165, 1.54) is 0 Å². The molecular weight excluding hydrogens is 115 g/mol. The van der Waals surface area contributed by atoms with Gasteiger partial charge in [-0.3, -0.25) is 0 Å². The SMILES string of the molecule is CCO/[13C]([13CH3])=N/Cl. The maximum Gasteiger partial charge on any atom is 0.197 e. The van der Waals surface area contributed by atoms with E-state index < -0.39 is 0 Å². The Kier molecular flexibility index (Phi) is 3.80. The van der Waals surface area contributed by atoms with Crippen molar-refractivity contribution in [3.8, 4) is 0 Å². The van der Waals surface area contributed by atoms with E-state index in [9.17, 15) is 0 Å². The average molecular weight is 124 g/mol. The topological polar surface area (TPSA) is 21.6 Å². The van der Waals surface area contributed by atoms with Gasteiger partial charge in [-0.05, 0) is 6.92 Å². The predicted octanol–water partition coefficient (Wildman–Crippen LogP) is 1.60. The molecule has 0 spiro atoms. The van der Waals surface area contributed by atoms with Gasteiger partial charge in [0.25, 0.3) is 0 Å². The monoisotopic (exact) mass is 123 g/mol. The minimum atomic E-state index is 0.518. The first kappa shape index (κ1) is 6.76. The molecule has 0 amide bonds. The molecule has 0 N–H and O–H groups in total. The lowest BCUT2D eigenvalue weighted by atomic mass is 10.9. The molecule has 0 fully saturated rings. The number of halogens is 1. The summed E-state index contributed by atoms with van der Waals surface area (Å²) in [6.07, 6.45) is 0. The van der Waals surface area contributed by atoms with Crippen molar-refractivity contribution < 1.29 is 4.74 Å². The molecule has 0 aliphatic rings. The first-order valence-corrected chi connectivity index (χ1v) is 2.43. The summed E-state index contributed by atoms with van der Waals surface area (Å²) in [4.78, 5) is 0. The van der Waals surface area contributed by atoms with Crippen LogP contribution in [0.2, 0.25) is 0 Å². The standard InChI is InChI=1S/C4H8ClNO/c1-3-7-4(2)6-5/h3H2,1-2H3/b6-4+/i2+1,4+1. The molecule has 0 radical (unpaired) electrons. The molecule has 2 nitrogen and oxygen atoms in total. The normalized spacial score (nSPS) is 11.6. The van der Waals surface area contributed by atoms with Crippen LogP contribution in [0.4, 0.5) is 0 Å². The van der Waals surface area contributed by atoms with Gasteiger partial charge in [0.15, 0.2) is 5.90 Å². The number of ether oxygens (including phenoxy) is 1. The zero-order valence-corrected chi connectivity index (χ0v) is 5.20. The van der Waals surface area contributed by atoms with Crippen LogP contribution in [0.1, 0.15) is 13.8 Å². The quantitative estimate of drug-likeness (QED) is 0.295. The lowest BCUT2D eigenvalue weighted by Crippen LogP contribution is -1.95. The van der Waals surface area contributed by atoms with Crippen molar-refractivity contribution in [3.05, 3.63) is 0 Å². The Morgan fingerprint density at radius 2 is 2.43 bits per heavy atom. The predicted molar refractivity (Wildman–Crippen MR) is 30.6 cm³/mol. The van der Waals surface area contributed by atoms with Gasteiger partial charge in [-0.1, -0.05) is 0 Å². The third-order valence-corrected chi connectivity index (χ3v) is 0.710. The van der Waals surface area contributed by atoms with Gasteiger partial charge in [-0.2, -0.15) is 0 Å². The summed E-state index contributed by atoms with van der Waals surface area (Å²) in [5.41, 5.74) is 0. The van der Waals surface area contributed by atoms with E-state index in [2.05, 4.69) is 4.51 Å². The average Bonchev–Trinajstić information content (AvgIpc) is 1.68. The number of hydrogen-bond donors (Lipinski definition) is 0. The van der Waals surface area contributed by atoms with Crippen LogP contribution in [0.3, 0.4) is 0 Å². The fourth-order valence-corrected chi connectivity index (χ4v) is 0.282. The Balaban J connectivity index is 3.17. The van der Waals surface area contributed by atoms with E-state index in [1.807, 2.05) is 6.92 Å². The Bertz CT molecular complexity index is 72.1. The van der Waals surface area contributed by atoms with Crippen molar-refractivity contribution in [2.45, 2.75) is 13.8 Å². The Hall–Kier alpha value is -0.240. The Morgan fingerprint density at radius 1 is 1.86 bits per heavy atom. The van der Waals surface area contributed by atoms with Gasteiger partial charge in [0.05, 0.1) is 6.61 Å². The molecule has 0 saturated heterocycles. The molecule has 0 atom stereocenters. The van der Waals surface area contributed by atoms with Gasteiger partial charge in [0.2, 0.25) is 0 Å². The summed E-state index contributed by atoms with van der Waals surface area (Å²) < 4.78 is 8.05. The van der Waals surface area contributed by atoms with Gasteiger partial charge >= 0.3 is 0 Å². The highest BCUT2D eigenvalue weighted by Gasteiger charge is 1.81. The van der Waals surface area contributed by atoms with Crippen LogP contribution in [0.25, 0.3) is 0 Å². The lowest BCUT2D eigenvalue weighted by molar-refractivity contribution is 0.325. The lowest BCUT2D eigenvalue weighted by Gasteiger charge is -1.94. The van der Waals surface area contributed by atoms with Crippen molar-refractivity contribution in [2.75, 3.05) is 6.61 Å². The second-order valence-corrected chi connectivity index (χ2v) is 1.21. The zero-order chi connectivity index (χ0) is 5.70. The fraction of sp³-hybridized carbons (Fsp3) is 0.750. The summed E-state index contributed by atoms with van der Waals surface area (Å²) in [7, 11) is 0. The van der Waals surface area contributed by atoms with Crippen LogP contribution in [0.5, 0.6) is 0 Å². The molecule has 0 aromatic heterocycles. The molecule has 0 aliphatic carbocycles. The van der Waals surface area contributed by atoms with Gasteiger partial charge in [0, 0.05) is 18.7 Å². The highest BCUT2D eigenvalue weighted by Crippen LogP contribution is 1.82. The van der Waals surface area contributed by atoms with E-state index in [4.69, 9.17) is 16.5 Å². The molecule has 0 heterocycles. The summed E-state index contributed by atoms with van der Waals surface area (Å²) in [6.45, 7) is 4.21. The zero-order valence-electron chi connectivity index (χ0n) is 4.44. The second kappa shape index (κ2) is 3.93. The van der Waals surface area contributed by atoms with E-state index >= 15 is 0 Å². The van der Waals surface area contributed by atoms with Crippen LogP contribution >= 0.6 is 11.8 Å². The molecule has 0 bridgehead atoms. The maximum absolute atomic E-state index is 4.99. The molecule has 0 aromatic rings. The first-order valence-electron chi connectivity index (χ1n) is 2.09. The molecular formula is C4H8ClNO. The molecule has 0 saturated carbocycles. The summed E-state index contributed by atoms with van der Waals surface area (Å²) in [5.74, 6) is 0.518. The van der Waals surface area contributed by atoms with E-state index in [-0.39, 0.29) is 0 Å². The van der Waals surface area contributed by atoms with Crippen LogP contribution in [0, 0.1) is 0 Å². The smallest absolute Gasteiger partial charge is 0.197 e. The summed E-state index contributed by atoms with van der Waals surface area (Å²) >= 11 is 4.99. The summed E-state index contributed by atoms with van der Waals surface area (Å²) in [5, 5.41) is 0.